The lowest BCUT2D eigenvalue weighted by Crippen LogP contribution is -2.03. The van der Waals surface area contributed by atoms with E-state index in [1.165, 1.54) is 38.5 Å². The standard InChI is InChI=1S/C51H32N4O/c1-3-31-15-7-8-18-35(31)47-30(2)39-29-40-36-19-9-12-22-41(36)55(49(40)45-37-20-10-13-23-42(37)54(47)48(39)45)51-52-46(44-38-21-11-14-24-43(38)56-50(44)53-51)34-27-25-33(26-28-34)32-16-5-4-6-17-32/h3-29H,1H2,2H3. The predicted molar refractivity (Wildman–Crippen MR) is 232 cm³/mol. The molecule has 0 fully saturated rings. The number of aromatic nitrogens is 4. The van der Waals surface area contributed by atoms with Crippen molar-refractivity contribution in [1.29, 1.82) is 0 Å². The minimum absolute atomic E-state index is 0.560. The number of nitrogens with zero attached hydrogens (tertiary/aromatic N) is 4. The predicted octanol–water partition coefficient (Wildman–Crippen LogP) is 13.4. The molecule has 5 nitrogen and oxygen atoms in total. The SMILES string of the molecule is C=Cc1ccccc1-c1c(C)c2cc3c4ccccc4n(-c4nc(-c5ccc(-c6ccccc6)cc5)c5c(n4)oc4ccccc45)c3c3c4ccccc4n1c23. The van der Waals surface area contributed by atoms with E-state index in [0.717, 1.165) is 71.6 Å². The summed E-state index contributed by atoms with van der Waals surface area (Å²) in [6.07, 6.45) is 1.96. The summed E-state index contributed by atoms with van der Waals surface area (Å²) in [6, 6.07) is 55.6. The van der Waals surface area contributed by atoms with Crippen molar-refractivity contribution < 1.29 is 4.42 Å². The van der Waals surface area contributed by atoms with Gasteiger partial charge in [-0.15, -0.1) is 0 Å². The Morgan fingerprint density at radius 3 is 2.04 bits per heavy atom. The van der Waals surface area contributed by atoms with Crippen LogP contribution in [0.1, 0.15) is 11.1 Å². The highest BCUT2D eigenvalue weighted by Crippen LogP contribution is 2.48. The summed E-state index contributed by atoms with van der Waals surface area (Å²) >= 11 is 0. The number of rotatable bonds is 5. The average Bonchev–Trinajstić information content (AvgIpc) is 3.98. The van der Waals surface area contributed by atoms with Gasteiger partial charge in [-0.25, -0.2) is 4.98 Å². The Morgan fingerprint density at radius 1 is 0.554 bits per heavy atom. The van der Waals surface area contributed by atoms with Gasteiger partial charge in [-0.3, -0.25) is 4.57 Å². The Bertz CT molecular complexity index is 3550. The second-order valence-corrected chi connectivity index (χ2v) is 14.6. The molecule has 12 aromatic rings. The fourth-order valence-corrected chi connectivity index (χ4v) is 9.21. The molecule has 0 saturated carbocycles. The molecule has 12 rings (SSSR count). The van der Waals surface area contributed by atoms with Gasteiger partial charge in [-0.2, -0.15) is 4.98 Å². The van der Waals surface area contributed by atoms with E-state index in [2.05, 4.69) is 156 Å². The first-order chi connectivity index (χ1) is 27.7. The minimum Gasteiger partial charge on any atom is -0.437 e. The van der Waals surface area contributed by atoms with Gasteiger partial charge in [-0.1, -0.05) is 146 Å². The van der Waals surface area contributed by atoms with Crippen LogP contribution in [0.15, 0.2) is 169 Å². The van der Waals surface area contributed by atoms with E-state index < -0.39 is 0 Å². The zero-order chi connectivity index (χ0) is 37.1. The van der Waals surface area contributed by atoms with Gasteiger partial charge >= 0.3 is 0 Å². The lowest BCUT2D eigenvalue weighted by Gasteiger charge is -2.11. The fraction of sp³-hybridized carbons (Fsp3) is 0.0196. The third kappa shape index (κ3) is 4.14. The van der Waals surface area contributed by atoms with Gasteiger partial charge in [0.2, 0.25) is 11.7 Å². The molecular weight excluding hydrogens is 685 g/mol. The topological polar surface area (TPSA) is 48.3 Å². The van der Waals surface area contributed by atoms with Crippen molar-refractivity contribution in [2.45, 2.75) is 6.92 Å². The second-order valence-electron chi connectivity index (χ2n) is 14.6. The number of fused-ring (bicyclic) bond motifs is 10. The Balaban J connectivity index is 1.22. The Labute approximate surface area is 321 Å². The maximum Gasteiger partial charge on any atom is 0.238 e. The second kappa shape index (κ2) is 11.5. The molecule has 0 aliphatic carbocycles. The van der Waals surface area contributed by atoms with E-state index in [1.54, 1.807) is 0 Å². The van der Waals surface area contributed by atoms with Gasteiger partial charge in [0, 0.05) is 43.4 Å². The van der Waals surface area contributed by atoms with Gasteiger partial charge in [0.05, 0.1) is 38.8 Å². The van der Waals surface area contributed by atoms with E-state index in [0.29, 0.717) is 11.7 Å². The Hall–Kier alpha value is -7.50. The maximum absolute atomic E-state index is 6.58. The van der Waals surface area contributed by atoms with Gasteiger partial charge in [0.25, 0.3) is 0 Å². The van der Waals surface area contributed by atoms with Gasteiger partial charge in [0.15, 0.2) is 0 Å². The van der Waals surface area contributed by atoms with Crippen LogP contribution in [0.25, 0.3) is 117 Å². The van der Waals surface area contributed by atoms with Crippen LogP contribution in [0.5, 0.6) is 0 Å². The van der Waals surface area contributed by atoms with E-state index in [4.69, 9.17) is 14.4 Å². The molecule has 0 spiro atoms. The summed E-state index contributed by atoms with van der Waals surface area (Å²) < 4.78 is 11.3. The van der Waals surface area contributed by atoms with E-state index in [1.807, 2.05) is 30.3 Å². The van der Waals surface area contributed by atoms with Crippen LogP contribution in [-0.4, -0.2) is 18.9 Å². The molecule has 56 heavy (non-hydrogen) atoms. The normalized spacial score (nSPS) is 12.1. The molecule has 0 atom stereocenters. The molecular formula is C51H32N4O. The molecule has 0 bridgehead atoms. The molecule has 5 heterocycles. The Morgan fingerprint density at radius 2 is 1.21 bits per heavy atom. The molecule has 0 N–H and O–H groups in total. The van der Waals surface area contributed by atoms with Crippen molar-refractivity contribution in [2.75, 3.05) is 0 Å². The number of benzene rings is 7. The zero-order valence-electron chi connectivity index (χ0n) is 30.5. The highest BCUT2D eigenvalue weighted by atomic mass is 16.3. The highest BCUT2D eigenvalue weighted by Gasteiger charge is 2.28. The zero-order valence-corrected chi connectivity index (χ0v) is 30.5. The molecule has 262 valence electrons. The molecule has 0 unspecified atom stereocenters. The molecule has 7 aromatic carbocycles. The summed E-state index contributed by atoms with van der Waals surface area (Å²) in [6.45, 7) is 6.43. The molecule has 5 heteroatoms. The van der Waals surface area contributed by atoms with Crippen LogP contribution in [-0.2, 0) is 0 Å². The van der Waals surface area contributed by atoms with Crippen molar-refractivity contribution >= 4 is 77.1 Å². The monoisotopic (exact) mass is 716 g/mol. The van der Waals surface area contributed by atoms with Crippen molar-refractivity contribution in [2.24, 2.45) is 0 Å². The summed E-state index contributed by atoms with van der Waals surface area (Å²) in [5.74, 6) is 0.567. The first-order valence-electron chi connectivity index (χ1n) is 19.0. The minimum atomic E-state index is 0.560. The Kier molecular flexibility index (Phi) is 6.35. The van der Waals surface area contributed by atoms with Crippen molar-refractivity contribution in [3.05, 3.63) is 175 Å². The van der Waals surface area contributed by atoms with Crippen molar-refractivity contribution in [3.8, 4) is 39.6 Å². The van der Waals surface area contributed by atoms with Gasteiger partial charge < -0.3 is 8.82 Å². The van der Waals surface area contributed by atoms with Crippen LogP contribution in [0.4, 0.5) is 0 Å². The molecule has 0 amide bonds. The molecule has 0 aliphatic heterocycles. The molecule has 0 radical (unpaired) electrons. The largest absolute Gasteiger partial charge is 0.437 e. The number of hydrogen-bond acceptors (Lipinski definition) is 3. The summed E-state index contributed by atoms with van der Waals surface area (Å²) in [5, 5.41) is 7.79. The average molecular weight is 717 g/mol. The van der Waals surface area contributed by atoms with Crippen LogP contribution >= 0.6 is 0 Å². The fourth-order valence-electron chi connectivity index (χ4n) is 9.21. The summed E-state index contributed by atoms with van der Waals surface area (Å²) in [4.78, 5) is 10.8. The summed E-state index contributed by atoms with van der Waals surface area (Å²) in [5.41, 5.74) is 14.7. The molecule has 0 aliphatic rings. The third-order valence-corrected chi connectivity index (χ3v) is 11.7. The lowest BCUT2D eigenvalue weighted by molar-refractivity contribution is 0.651. The maximum atomic E-state index is 6.58. The van der Waals surface area contributed by atoms with Crippen LogP contribution in [0.3, 0.4) is 0 Å². The quantitative estimate of drug-likeness (QED) is 0.178. The number of hydrogen-bond donors (Lipinski definition) is 0. The van der Waals surface area contributed by atoms with Crippen LogP contribution < -0.4 is 0 Å². The first kappa shape index (κ1) is 30.9. The van der Waals surface area contributed by atoms with Crippen LogP contribution in [0, 0.1) is 6.92 Å². The number of para-hydroxylation sites is 3. The number of furan rings is 1. The third-order valence-electron chi connectivity index (χ3n) is 11.7. The van der Waals surface area contributed by atoms with E-state index in [-0.39, 0.29) is 0 Å². The van der Waals surface area contributed by atoms with Gasteiger partial charge in [-0.05, 0) is 53.4 Å². The summed E-state index contributed by atoms with van der Waals surface area (Å²) in [7, 11) is 0. The first-order valence-corrected chi connectivity index (χ1v) is 19.0. The van der Waals surface area contributed by atoms with Crippen molar-refractivity contribution in [3.63, 3.8) is 0 Å². The van der Waals surface area contributed by atoms with Crippen molar-refractivity contribution in [1.82, 2.24) is 18.9 Å². The number of aryl methyl sites for hydroxylation is 1. The smallest absolute Gasteiger partial charge is 0.238 e. The van der Waals surface area contributed by atoms with Gasteiger partial charge in [0.1, 0.15) is 5.58 Å². The van der Waals surface area contributed by atoms with E-state index in [9.17, 15) is 0 Å². The van der Waals surface area contributed by atoms with Crippen LogP contribution in [0.2, 0.25) is 0 Å². The molecule has 0 saturated heterocycles. The lowest BCUT2D eigenvalue weighted by atomic mass is 9.99. The molecule has 5 aromatic heterocycles. The highest BCUT2D eigenvalue weighted by molar-refractivity contribution is 6.31. The van der Waals surface area contributed by atoms with E-state index >= 15 is 0 Å².